The van der Waals surface area contributed by atoms with E-state index in [0.717, 1.165) is 10.6 Å². The number of carbonyl (C=O) groups excluding carboxylic acids is 1. The largest absolute Gasteiger partial charge is 0.435 e. The lowest BCUT2D eigenvalue weighted by atomic mass is 10.1. The summed E-state index contributed by atoms with van der Waals surface area (Å²) in [6, 6.07) is 0.854. The van der Waals surface area contributed by atoms with E-state index in [2.05, 4.69) is 15.4 Å². The van der Waals surface area contributed by atoms with Crippen LogP contribution in [0.2, 0.25) is 0 Å². The van der Waals surface area contributed by atoms with Gasteiger partial charge in [-0.25, -0.2) is 9.50 Å². The molecule has 0 fully saturated rings. The highest BCUT2D eigenvalue weighted by Gasteiger charge is 2.35. The summed E-state index contributed by atoms with van der Waals surface area (Å²) < 4.78 is 38.9. The van der Waals surface area contributed by atoms with Gasteiger partial charge in [0.15, 0.2) is 11.5 Å². The number of aromatic nitrogens is 3. The van der Waals surface area contributed by atoms with Crippen molar-refractivity contribution in [3.05, 3.63) is 24.2 Å². The number of nitrogens with zero attached hydrogens (tertiary/aromatic N) is 3. The molecule has 108 valence electrons. The molecule has 0 bridgehead atoms. The van der Waals surface area contributed by atoms with Crippen molar-refractivity contribution in [2.75, 3.05) is 5.32 Å². The Morgan fingerprint density at radius 1 is 1.40 bits per heavy atom. The van der Waals surface area contributed by atoms with Crippen molar-refractivity contribution < 1.29 is 18.0 Å². The summed E-state index contributed by atoms with van der Waals surface area (Å²) in [6.45, 7) is 3.00. The third-order valence-corrected chi connectivity index (χ3v) is 2.73. The molecule has 6 nitrogen and oxygen atoms in total. The number of rotatable bonds is 3. The van der Waals surface area contributed by atoms with Crippen LogP contribution < -0.4 is 11.1 Å². The van der Waals surface area contributed by atoms with Crippen molar-refractivity contribution in [1.29, 1.82) is 0 Å². The minimum absolute atomic E-state index is 0.0966. The number of hydrogen-bond acceptors (Lipinski definition) is 4. The Bertz CT molecular complexity index is 662. The SMILES string of the molecule is CC(C)(Nc1nccn2nc(C(F)(F)F)cc12)C(N)=O. The molecule has 0 aliphatic rings. The fourth-order valence-corrected chi connectivity index (χ4v) is 1.51. The number of hydrogen-bond donors (Lipinski definition) is 2. The van der Waals surface area contributed by atoms with Crippen LogP contribution in [0.25, 0.3) is 5.52 Å². The molecule has 0 saturated carbocycles. The molecular formula is C11H12F3N5O. The van der Waals surface area contributed by atoms with Crippen LogP contribution >= 0.6 is 0 Å². The topological polar surface area (TPSA) is 85.3 Å². The zero-order valence-electron chi connectivity index (χ0n) is 10.7. The standard InChI is InChI=1S/C11H12F3N5O/c1-10(2,9(15)20)17-8-6-5-7(11(12,13)14)18-19(6)4-3-16-8/h3-5H,1-2H3,(H2,15,20)(H,16,17). The summed E-state index contributed by atoms with van der Waals surface area (Å²) >= 11 is 0. The van der Waals surface area contributed by atoms with Crippen LogP contribution in [0.1, 0.15) is 19.5 Å². The number of carbonyl (C=O) groups is 1. The average molecular weight is 287 g/mol. The molecule has 0 radical (unpaired) electrons. The zero-order chi connectivity index (χ0) is 15.1. The second-order valence-electron chi connectivity index (χ2n) is 4.75. The van der Waals surface area contributed by atoms with E-state index in [1.54, 1.807) is 0 Å². The number of anilines is 1. The first-order chi connectivity index (χ1) is 9.11. The Hall–Kier alpha value is -2.32. The minimum atomic E-state index is -4.55. The van der Waals surface area contributed by atoms with Crippen molar-refractivity contribution in [2.24, 2.45) is 5.73 Å². The monoisotopic (exact) mass is 287 g/mol. The number of alkyl halides is 3. The van der Waals surface area contributed by atoms with Crippen molar-refractivity contribution in [1.82, 2.24) is 14.6 Å². The second kappa shape index (κ2) is 4.36. The van der Waals surface area contributed by atoms with Gasteiger partial charge in [0, 0.05) is 18.5 Å². The van der Waals surface area contributed by atoms with Crippen molar-refractivity contribution in [3.63, 3.8) is 0 Å². The molecule has 2 heterocycles. The third-order valence-electron chi connectivity index (χ3n) is 2.73. The molecule has 2 aromatic heterocycles. The summed E-state index contributed by atoms with van der Waals surface area (Å²) in [5, 5.41) is 6.13. The highest BCUT2D eigenvalue weighted by atomic mass is 19.4. The van der Waals surface area contributed by atoms with Gasteiger partial charge in [0.1, 0.15) is 11.1 Å². The van der Waals surface area contributed by atoms with Crippen LogP contribution in [-0.2, 0) is 11.0 Å². The Labute approximate surface area is 111 Å². The van der Waals surface area contributed by atoms with Crippen molar-refractivity contribution in [3.8, 4) is 0 Å². The second-order valence-corrected chi connectivity index (χ2v) is 4.75. The molecule has 0 saturated heterocycles. The van der Waals surface area contributed by atoms with Crippen LogP contribution in [0.15, 0.2) is 18.5 Å². The number of nitrogens with one attached hydrogen (secondary N) is 1. The van der Waals surface area contributed by atoms with Crippen LogP contribution in [0.3, 0.4) is 0 Å². The van der Waals surface area contributed by atoms with Gasteiger partial charge in [-0.2, -0.15) is 18.3 Å². The molecule has 1 amide bonds. The van der Waals surface area contributed by atoms with E-state index in [1.165, 1.54) is 26.2 Å². The summed E-state index contributed by atoms with van der Waals surface area (Å²) in [5.41, 5.74) is 3.12. The van der Waals surface area contributed by atoms with Crippen LogP contribution in [-0.4, -0.2) is 26.0 Å². The highest BCUT2D eigenvalue weighted by Crippen LogP contribution is 2.30. The average Bonchev–Trinajstić information content (AvgIpc) is 2.73. The Kier molecular flexibility index (Phi) is 3.07. The van der Waals surface area contributed by atoms with Gasteiger partial charge < -0.3 is 11.1 Å². The van der Waals surface area contributed by atoms with E-state index < -0.39 is 23.3 Å². The Morgan fingerprint density at radius 2 is 2.05 bits per heavy atom. The molecular weight excluding hydrogens is 275 g/mol. The van der Waals surface area contributed by atoms with Gasteiger partial charge in [0.25, 0.3) is 0 Å². The lowest BCUT2D eigenvalue weighted by Crippen LogP contribution is -2.45. The molecule has 0 spiro atoms. The van der Waals surface area contributed by atoms with Crippen LogP contribution in [0.5, 0.6) is 0 Å². The number of primary amides is 1. The van der Waals surface area contributed by atoms with Gasteiger partial charge in [-0.15, -0.1) is 0 Å². The van der Waals surface area contributed by atoms with E-state index in [4.69, 9.17) is 5.73 Å². The van der Waals surface area contributed by atoms with E-state index in [9.17, 15) is 18.0 Å². The summed E-state index contributed by atoms with van der Waals surface area (Å²) in [4.78, 5) is 15.2. The van der Waals surface area contributed by atoms with E-state index in [0.29, 0.717) is 0 Å². The molecule has 20 heavy (non-hydrogen) atoms. The third kappa shape index (κ3) is 2.51. The molecule has 9 heteroatoms. The quantitative estimate of drug-likeness (QED) is 0.894. The number of nitrogens with two attached hydrogens (primary N) is 1. The molecule has 0 atom stereocenters. The van der Waals surface area contributed by atoms with Crippen molar-refractivity contribution in [2.45, 2.75) is 25.6 Å². The Morgan fingerprint density at radius 3 is 2.60 bits per heavy atom. The zero-order valence-corrected chi connectivity index (χ0v) is 10.7. The van der Waals surface area contributed by atoms with E-state index in [1.807, 2.05) is 0 Å². The number of amides is 1. The number of halogens is 3. The van der Waals surface area contributed by atoms with E-state index >= 15 is 0 Å². The van der Waals surface area contributed by atoms with Gasteiger partial charge in [0.2, 0.25) is 5.91 Å². The van der Waals surface area contributed by atoms with Crippen molar-refractivity contribution >= 4 is 17.2 Å². The molecule has 0 unspecified atom stereocenters. The first-order valence-corrected chi connectivity index (χ1v) is 5.61. The van der Waals surface area contributed by atoms with Gasteiger partial charge >= 0.3 is 6.18 Å². The maximum atomic E-state index is 12.6. The van der Waals surface area contributed by atoms with Gasteiger partial charge in [0.05, 0.1) is 0 Å². The van der Waals surface area contributed by atoms with Crippen LogP contribution in [0.4, 0.5) is 19.0 Å². The van der Waals surface area contributed by atoms with Gasteiger partial charge in [-0.05, 0) is 13.8 Å². The van der Waals surface area contributed by atoms with Gasteiger partial charge in [-0.3, -0.25) is 4.79 Å². The number of fused-ring (bicyclic) bond motifs is 1. The molecule has 0 aromatic carbocycles. The maximum absolute atomic E-state index is 12.6. The lowest BCUT2D eigenvalue weighted by Gasteiger charge is -2.23. The predicted molar refractivity (Wildman–Crippen MR) is 64.9 cm³/mol. The lowest BCUT2D eigenvalue weighted by molar-refractivity contribution is -0.141. The van der Waals surface area contributed by atoms with Crippen LogP contribution in [0, 0.1) is 0 Å². The Balaban J connectivity index is 2.50. The molecule has 2 rings (SSSR count). The fourth-order valence-electron chi connectivity index (χ4n) is 1.51. The first-order valence-electron chi connectivity index (χ1n) is 5.61. The minimum Gasteiger partial charge on any atom is -0.368 e. The van der Waals surface area contributed by atoms with E-state index in [-0.39, 0.29) is 11.3 Å². The smallest absolute Gasteiger partial charge is 0.368 e. The fraction of sp³-hybridized carbons (Fsp3) is 0.364. The normalized spacial score (nSPS) is 12.7. The molecule has 2 aromatic rings. The van der Waals surface area contributed by atoms with Gasteiger partial charge in [-0.1, -0.05) is 0 Å². The first kappa shape index (κ1) is 14.1. The summed E-state index contributed by atoms with van der Waals surface area (Å²) in [5.74, 6) is -0.559. The predicted octanol–water partition coefficient (Wildman–Crippen LogP) is 1.42. The molecule has 3 N–H and O–H groups in total. The molecule has 0 aliphatic carbocycles. The summed E-state index contributed by atoms with van der Waals surface area (Å²) in [6.07, 6.45) is -1.99. The molecule has 0 aliphatic heterocycles. The maximum Gasteiger partial charge on any atom is 0.435 e. The highest BCUT2D eigenvalue weighted by molar-refractivity contribution is 5.88. The summed E-state index contributed by atoms with van der Waals surface area (Å²) in [7, 11) is 0.